The van der Waals surface area contributed by atoms with Crippen molar-refractivity contribution >= 4 is 40.5 Å². The molecule has 1 aromatic carbocycles. The maximum atomic E-state index is 11.8. The lowest BCUT2D eigenvalue weighted by molar-refractivity contribution is -0.384. The van der Waals surface area contributed by atoms with E-state index < -0.39 is 4.92 Å². The van der Waals surface area contributed by atoms with Gasteiger partial charge in [-0.05, 0) is 25.1 Å². The number of hydrogen-bond acceptors (Lipinski definition) is 7. The van der Waals surface area contributed by atoms with Gasteiger partial charge in [0.1, 0.15) is 5.01 Å². The Morgan fingerprint density at radius 2 is 2.15 bits per heavy atom. The fourth-order valence-corrected chi connectivity index (χ4v) is 3.92. The molecule has 9 heteroatoms. The van der Waals surface area contributed by atoms with Gasteiger partial charge in [0.25, 0.3) is 5.69 Å². The van der Waals surface area contributed by atoms with Crippen LogP contribution in [-0.2, 0) is 11.2 Å². The fraction of sp³-hybridized carbons (Fsp3) is 0.118. The van der Waals surface area contributed by atoms with Crippen molar-refractivity contribution < 1.29 is 9.72 Å². The van der Waals surface area contributed by atoms with Gasteiger partial charge >= 0.3 is 0 Å². The van der Waals surface area contributed by atoms with Gasteiger partial charge in [0, 0.05) is 26.9 Å². The molecular weight excluding hydrogens is 372 g/mol. The SMILES string of the molecule is Cc1csc(CC(=O)NN=Cc2ccc(-c3ccccc3[N+](=O)[O-])s2)n1. The van der Waals surface area contributed by atoms with Gasteiger partial charge in [-0.1, -0.05) is 12.1 Å². The summed E-state index contributed by atoms with van der Waals surface area (Å²) in [6.45, 7) is 1.88. The van der Waals surface area contributed by atoms with E-state index in [0.717, 1.165) is 20.5 Å². The topological polar surface area (TPSA) is 97.5 Å². The molecule has 0 atom stereocenters. The number of aryl methyl sites for hydroxylation is 1. The second-order valence-corrected chi connectivity index (χ2v) is 7.39. The van der Waals surface area contributed by atoms with Crippen molar-refractivity contribution in [2.24, 2.45) is 5.10 Å². The number of nitrogens with one attached hydrogen (secondary N) is 1. The lowest BCUT2D eigenvalue weighted by atomic mass is 10.1. The number of hydrogen-bond donors (Lipinski definition) is 1. The summed E-state index contributed by atoms with van der Waals surface area (Å²) >= 11 is 2.80. The summed E-state index contributed by atoms with van der Waals surface area (Å²) in [5.74, 6) is -0.244. The van der Waals surface area contributed by atoms with Gasteiger partial charge in [-0.15, -0.1) is 22.7 Å². The summed E-state index contributed by atoms with van der Waals surface area (Å²) < 4.78 is 0. The van der Waals surface area contributed by atoms with Crippen molar-refractivity contribution in [1.82, 2.24) is 10.4 Å². The molecule has 0 spiro atoms. The summed E-state index contributed by atoms with van der Waals surface area (Å²) in [5, 5.41) is 17.7. The van der Waals surface area contributed by atoms with Crippen molar-refractivity contribution in [3.05, 3.63) is 67.5 Å². The van der Waals surface area contributed by atoms with E-state index in [1.54, 1.807) is 30.3 Å². The minimum atomic E-state index is -0.399. The van der Waals surface area contributed by atoms with Crippen LogP contribution >= 0.6 is 22.7 Å². The van der Waals surface area contributed by atoms with Crippen LogP contribution in [0.3, 0.4) is 0 Å². The molecule has 0 bridgehead atoms. The lowest BCUT2D eigenvalue weighted by Gasteiger charge is -1.98. The molecule has 3 rings (SSSR count). The second-order valence-electron chi connectivity index (χ2n) is 5.33. The Kier molecular flexibility index (Phi) is 5.49. The third-order valence-corrected chi connectivity index (χ3v) is 5.37. The second kappa shape index (κ2) is 7.98. The molecule has 0 aliphatic carbocycles. The fourth-order valence-electron chi connectivity index (χ4n) is 2.24. The number of rotatable bonds is 6. The molecule has 0 aliphatic rings. The molecule has 1 N–H and O–H groups in total. The minimum Gasteiger partial charge on any atom is -0.273 e. The molecule has 132 valence electrons. The zero-order chi connectivity index (χ0) is 18.5. The summed E-state index contributed by atoms with van der Waals surface area (Å²) in [6, 6.07) is 10.2. The summed E-state index contributed by atoms with van der Waals surface area (Å²) in [7, 11) is 0. The Bertz CT molecular complexity index is 978. The van der Waals surface area contributed by atoms with Crippen molar-refractivity contribution in [2.75, 3.05) is 0 Å². The standard InChI is InChI=1S/C17H14N4O3S2/c1-11-10-25-17(19-11)8-16(22)20-18-9-12-6-7-15(26-12)13-4-2-3-5-14(13)21(23)24/h2-7,9-10H,8H2,1H3,(H,20,22). The van der Waals surface area contributed by atoms with E-state index in [9.17, 15) is 14.9 Å². The maximum absolute atomic E-state index is 11.8. The molecular formula is C17H14N4O3S2. The summed E-state index contributed by atoms with van der Waals surface area (Å²) in [6.07, 6.45) is 1.70. The van der Waals surface area contributed by atoms with Crippen molar-refractivity contribution in [1.29, 1.82) is 0 Å². The van der Waals surface area contributed by atoms with Gasteiger partial charge in [0.15, 0.2) is 0 Å². The Labute approximate surface area is 157 Å². The number of carbonyl (C=O) groups excluding carboxylic acids is 1. The first-order valence-corrected chi connectivity index (χ1v) is 9.29. The monoisotopic (exact) mass is 386 g/mol. The number of amides is 1. The van der Waals surface area contributed by atoms with Crippen LogP contribution in [0.1, 0.15) is 15.6 Å². The van der Waals surface area contributed by atoms with E-state index in [0.29, 0.717) is 5.56 Å². The molecule has 7 nitrogen and oxygen atoms in total. The van der Waals surface area contributed by atoms with Crippen LogP contribution < -0.4 is 5.43 Å². The van der Waals surface area contributed by atoms with E-state index in [-0.39, 0.29) is 18.0 Å². The average Bonchev–Trinajstić information content (AvgIpc) is 3.24. The smallest absolute Gasteiger partial charge is 0.273 e. The quantitative estimate of drug-likeness (QED) is 0.396. The van der Waals surface area contributed by atoms with Crippen LogP contribution in [0.5, 0.6) is 0 Å². The molecule has 0 aliphatic heterocycles. The third kappa shape index (κ3) is 4.38. The largest absolute Gasteiger partial charge is 0.278 e. The Hall–Kier alpha value is -2.91. The maximum Gasteiger partial charge on any atom is 0.278 e. The van der Waals surface area contributed by atoms with Gasteiger partial charge in [-0.25, -0.2) is 10.4 Å². The number of benzene rings is 1. The highest BCUT2D eigenvalue weighted by Crippen LogP contribution is 2.34. The summed E-state index contributed by atoms with van der Waals surface area (Å²) in [5.41, 5.74) is 3.97. The lowest BCUT2D eigenvalue weighted by Crippen LogP contribution is -2.19. The number of carbonyl (C=O) groups is 1. The van der Waals surface area contributed by atoms with Gasteiger partial charge in [0.2, 0.25) is 5.91 Å². The normalized spacial score (nSPS) is 11.0. The van der Waals surface area contributed by atoms with Gasteiger partial charge in [-0.2, -0.15) is 5.10 Å². The predicted molar refractivity (Wildman–Crippen MR) is 103 cm³/mol. The molecule has 0 saturated carbocycles. The number of nitro groups is 1. The van der Waals surface area contributed by atoms with Crippen LogP contribution in [0.2, 0.25) is 0 Å². The molecule has 0 saturated heterocycles. The van der Waals surface area contributed by atoms with Gasteiger partial charge < -0.3 is 0 Å². The van der Waals surface area contributed by atoms with E-state index in [1.165, 1.54) is 35.0 Å². The number of aromatic nitrogens is 1. The van der Waals surface area contributed by atoms with E-state index in [4.69, 9.17) is 0 Å². The zero-order valence-electron chi connectivity index (χ0n) is 13.7. The molecule has 0 unspecified atom stereocenters. The number of thiazole rings is 1. The van der Waals surface area contributed by atoms with Crippen molar-refractivity contribution in [3.8, 4) is 10.4 Å². The van der Waals surface area contributed by atoms with Gasteiger partial charge in [0.05, 0.1) is 23.1 Å². The Morgan fingerprint density at radius 3 is 2.88 bits per heavy atom. The van der Waals surface area contributed by atoms with Crippen LogP contribution in [0.15, 0.2) is 46.9 Å². The van der Waals surface area contributed by atoms with E-state index in [1.807, 2.05) is 12.3 Å². The molecule has 2 heterocycles. The zero-order valence-corrected chi connectivity index (χ0v) is 15.3. The number of para-hydroxylation sites is 1. The van der Waals surface area contributed by atoms with Crippen molar-refractivity contribution in [3.63, 3.8) is 0 Å². The Morgan fingerprint density at radius 1 is 1.35 bits per heavy atom. The molecule has 3 aromatic rings. The third-order valence-electron chi connectivity index (χ3n) is 3.35. The molecule has 0 radical (unpaired) electrons. The van der Waals surface area contributed by atoms with Crippen LogP contribution in [0.4, 0.5) is 5.69 Å². The number of nitrogens with zero attached hydrogens (tertiary/aromatic N) is 3. The molecule has 26 heavy (non-hydrogen) atoms. The number of nitro benzene ring substituents is 1. The van der Waals surface area contributed by atoms with Crippen molar-refractivity contribution in [2.45, 2.75) is 13.3 Å². The highest BCUT2D eigenvalue weighted by Gasteiger charge is 2.15. The average molecular weight is 386 g/mol. The first-order chi connectivity index (χ1) is 12.5. The van der Waals surface area contributed by atoms with Gasteiger partial charge in [-0.3, -0.25) is 14.9 Å². The molecule has 2 aromatic heterocycles. The van der Waals surface area contributed by atoms with E-state index >= 15 is 0 Å². The first kappa shape index (κ1) is 17.9. The van der Waals surface area contributed by atoms with Crippen LogP contribution in [-0.4, -0.2) is 22.0 Å². The Balaban J connectivity index is 1.64. The van der Waals surface area contributed by atoms with Crippen LogP contribution in [0, 0.1) is 17.0 Å². The molecule has 1 amide bonds. The minimum absolute atomic E-state index is 0.0601. The highest BCUT2D eigenvalue weighted by molar-refractivity contribution is 7.17. The molecule has 0 fully saturated rings. The first-order valence-electron chi connectivity index (χ1n) is 7.59. The highest BCUT2D eigenvalue weighted by atomic mass is 32.1. The number of thiophene rings is 1. The summed E-state index contributed by atoms with van der Waals surface area (Å²) in [4.78, 5) is 28.3. The van der Waals surface area contributed by atoms with Crippen LogP contribution in [0.25, 0.3) is 10.4 Å². The predicted octanol–water partition coefficient (Wildman–Crippen LogP) is 3.78. The van der Waals surface area contributed by atoms with E-state index in [2.05, 4.69) is 15.5 Å². The number of hydrazone groups is 1.